The lowest BCUT2D eigenvalue weighted by Gasteiger charge is -2.12. The standard InChI is InChI=1S/C11H10ClN3O3/c12-10-9(5-8(6-13-10)15(17)18)11(16)14-7-3-1-2-4-7/h1-2,5-7H,3-4H2,(H,14,16). The number of nitrogens with one attached hydrogen (secondary N) is 1. The first kappa shape index (κ1) is 12.5. The minimum atomic E-state index is -0.614. The first-order chi connectivity index (χ1) is 8.58. The van der Waals surface area contributed by atoms with Gasteiger partial charge in [0.05, 0.1) is 10.5 Å². The molecule has 7 heteroatoms. The first-order valence-electron chi connectivity index (χ1n) is 5.33. The molecular formula is C11H10ClN3O3. The van der Waals surface area contributed by atoms with Crippen LogP contribution in [0.5, 0.6) is 0 Å². The molecule has 18 heavy (non-hydrogen) atoms. The monoisotopic (exact) mass is 267 g/mol. The maximum absolute atomic E-state index is 11.9. The highest BCUT2D eigenvalue weighted by Crippen LogP contribution is 2.20. The summed E-state index contributed by atoms with van der Waals surface area (Å²) < 4.78 is 0. The number of hydrogen-bond acceptors (Lipinski definition) is 4. The predicted molar refractivity (Wildman–Crippen MR) is 65.5 cm³/mol. The van der Waals surface area contributed by atoms with Crippen LogP contribution in [0, 0.1) is 10.1 Å². The second-order valence-electron chi connectivity index (χ2n) is 3.90. The molecule has 2 rings (SSSR count). The van der Waals surface area contributed by atoms with E-state index in [9.17, 15) is 14.9 Å². The molecule has 0 atom stereocenters. The highest BCUT2D eigenvalue weighted by Gasteiger charge is 2.20. The number of pyridine rings is 1. The molecule has 6 nitrogen and oxygen atoms in total. The molecule has 94 valence electrons. The van der Waals surface area contributed by atoms with E-state index in [1.807, 2.05) is 12.2 Å². The highest BCUT2D eigenvalue weighted by molar-refractivity contribution is 6.32. The van der Waals surface area contributed by atoms with Crippen LogP contribution in [0.15, 0.2) is 24.4 Å². The summed E-state index contributed by atoms with van der Waals surface area (Å²) in [6.45, 7) is 0. The third-order valence-electron chi connectivity index (χ3n) is 2.62. The Kier molecular flexibility index (Phi) is 3.57. The molecule has 0 bridgehead atoms. The lowest BCUT2D eigenvalue weighted by molar-refractivity contribution is -0.385. The van der Waals surface area contributed by atoms with Crippen LogP contribution in [0.1, 0.15) is 23.2 Å². The van der Waals surface area contributed by atoms with Crippen molar-refractivity contribution in [3.05, 3.63) is 45.2 Å². The van der Waals surface area contributed by atoms with E-state index in [1.54, 1.807) is 0 Å². The van der Waals surface area contributed by atoms with Gasteiger partial charge in [0.2, 0.25) is 0 Å². The van der Waals surface area contributed by atoms with Crippen molar-refractivity contribution in [2.75, 3.05) is 0 Å². The molecule has 1 aromatic heterocycles. The van der Waals surface area contributed by atoms with E-state index in [4.69, 9.17) is 11.6 Å². The van der Waals surface area contributed by atoms with Crippen molar-refractivity contribution in [3.63, 3.8) is 0 Å². The molecule has 0 saturated heterocycles. The molecule has 1 aliphatic rings. The molecule has 1 aromatic rings. The van der Waals surface area contributed by atoms with E-state index in [0.717, 1.165) is 25.1 Å². The van der Waals surface area contributed by atoms with Gasteiger partial charge in [-0.3, -0.25) is 14.9 Å². The largest absolute Gasteiger partial charge is 0.349 e. The number of carbonyl (C=O) groups is 1. The Balaban J connectivity index is 2.18. The zero-order valence-electron chi connectivity index (χ0n) is 9.30. The highest BCUT2D eigenvalue weighted by atomic mass is 35.5. The summed E-state index contributed by atoms with van der Waals surface area (Å²) >= 11 is 5.77. The number of hydrogen-bond donors (Lipinski definition) is 1. The van der Waals surface area contributed by atoms with Crippen molar-refractivity contribution in [2.24, 2.45) is 0 Å². The third-order valence-corrected chi connectivity index (χ3v) is 2.92. The van der Waals surface area contributed by atoms with Gasteiger partial charge < -0.3 is 5.32 Å². The molecule has 0 aromatic carbocycles. The van der Waals surface area contributed by atoms with Crippen molar-refractivity contribution in [1.82, 2.24) is 10.3 Å². The smallest absolute Gasteiger partial charge is 0.288 e. The summed E-state index contributed by atoms with van der Waals surface area (Å²) in [7, 11) is 0. The minimum absolute atomic E-state index is 0.0211. The lowest BCUT2D eigenvalue weighted by Crippen LogP contribution is -2.33. The Bertz CT molecular complexity index is 522. The molecule has 1 amide bonds. The molecular weight excluding hydrogens is 258 g/mol. The van der Waals surface area contributed by atoms with Crippen LogP contribution in [0.4, 0.5) is 5.69 Å². The normalized spacial score (nSPS) is 14.7. The average molecular weight is 268 g/mol. The molecule has 0 saturated carbocycles. The zero-order chi connectivity index (χ0) is 13.1. The van der Waals surface area contributed by atoms with E-state index in [0.29, 0.717) is 0 Å². The molecule has 0 radical (unpaired) electrons. The fraction of sp³-hybridized carbons (Fsp3) is 0.273. The van der Waals surface area contributed by atoms with Gasteiger partial charge in [0.25, 0.3) is 11.6 Å². The lowest BCUT2D eigenvalue weighted by atomic mass is 10.2. The van der Waals surface area contributed by atoms with Crippen LogP contribution in [-0.4, -0.2) is 21.9 Å². The summed E-state index contributed by atoms with van der Waals surface area (Å²) in [6.07, 6.45) is 6.48. The zero-order valence-corrected chi connectivity index (χ0v) is 10.1. The van der Waals surface area contributed by atoms with Crippen molar-refractivity contribution in [3.8, 4) is 0 Å². The van der Waals surface area contributed by atoms with Crippen LogP contribution in [0.25, 0.3) is 0 Å². The maximum Gasteiger partial charge on any atom is 0.288 e. The fourth-order valence-corrected chi connectivity index (χ4v) is 1.88. The van der Waals surface area contributed by atoms with Gasteiger partial charge in [-0.05, 0) is 12.8 Å². The molecule has 0 spiro atoms. The van der Waals surface area contributed by atoms with Gasteiger partial charge in [-0.25, -0.2) is 4.98 Å². The number of aromatic nitrogens is 1. The van der Waals surface area contributed by atoms with Gasteiger partial charge in [-0.1, -0.05) is 23.8 Å². The molecule has 0 aliphatic heterocycles. The number of amides is 1. The summed E-state index contributed by atoms with van der Waals surface area (Å²) in [5, 5.41) is 13.3. The van der Waals surface area contributed by atoms with Crippen molar-refractivity contribution in [1.29, 1.82) is 0 Å². The number of rotatable bonds is 3. The van der Waals surface area contributed by atoms with E-state index in [2.05, 4.69) is 10.3 Å². The quantitative estimate of drug-likeness (QED) is 0.393. The molecule has 0 unspecified atom stereocenters. The van der Waals surface area contributed by atoms with E-state index >= 15 is 0 Å². The Hall–Kier alpha value is -1.95. The van der Waals surface area contributed by atoms with Gasteiger partial charge in [0.1, 0.15) is 11.3 Å². The van der Waals surface area contributed by atoms with Crippen LogP contribution in [0.3, 0.4) is 0 Å². The van der Waals surface area contributed by atoms with Gasteiger partial charge in [0, 0.05) is 12.1 Å². The predicted octanol–water partition coefficient (Wildman–Crippen LogP) is 2.09. The number of carbonyl (C=O) groups excluding carboxylic acids is 1. The maximum atomic E-state index is 11.9. The van der Waals surface area contributed by atoms with E-state index in [-0.39, 0.29) is 22.4 Å². The van der Waals surface area contributed by atoms with Crippen LogP contribution in [-0.2, 0) is 0 Å². The van der Waals surface area contributed by atoms with Crippen LogP contribution >= 0.6 is 11.6 Å². The van der Waals surface area contributed by atoms with E-state index < -0.39 is 10.8 Å². The van der Waals surface area contributed by atoms with Gasteiger partial charge in [-0.15, -0.1) is 0 Å². The molecule has 1 aliphatic carbocycles. The van der Waals surface area contributed by atoms with Crippen molar-refractivity contribution >= 4 is 23.2 Å². The number of halogens is 1. The van der Waals surface area contributed by atoms with Crippen LogP contribution < -0.4 is 5.32 Å². The molecule has 0 fully saturated rings. The van der Waals surface area contributed by atoms with Crippen molar-refractivity contribution in [2.45, 2.75) is 18.9 Å². The number of nitrogens with zero attached hydrogens (tertiary/aromatic N) is 2. The average Bonchev–Trinajstić information content (AvgIpc) is 2.81. The Morgan fingerprint density at radius 1 is 1.50 bits per heavy atom. The first-order valence-corrected chi connectivity index (χ1v) is 5.71. The fourth-order valence-electron chi connectivity index (χ4n) is 1.69. The Morgan fingerprint density at radius 2 is 2.17 bits per heavy atom. The topological polar surface area (TPSA) is 85.1 Å². The van der Waals surface area contributed by atoms with Gasteiger partial charge in [0.15, 0.2) is 0 Å². The van der Waals surface area contributed by atoms with Gasteiger partial charge >= 0.3 is 0 Å². The summed E-state index contributed by atoms with van der Waals surface area (Å²) in [6, 6.07) is 1.15. The summed E-state index contributed by atoms with van der Waals surface area (Å²) in [5.74, 6) is -0.440. The molecule has 1 heterocycles. The third kappa shape index (κ3) is 2.65. The molecule has 1 N–H and O–H groups in total. The Morgan fingerprint density at radius 3 is 2.78 bits per heavy atom. The van der Waals surface area contributed by atoms with Crippen LogP contribution in [0.2, 0.25) is 5.15 Å². The van der Waals surface area contributed by atoms with Gasteiger partial charge in [-0.2, -0.15) is 0 Å². The second-order valence-corrected chi connectivity index (χ2v) is 4.26. The minimum Gasteiger partial charge on any atom is -0.349 e. The second kappa shape index (κ2) is 5.14. The SMILES string of the molecule is O=C(NC1CC=CC1)c1cc([N+](=O)[O-])cnc1Cl. The van der Waals surface area contributed by atoms with E-state index in [1.165, 1.54) is 0 Å². The van der Waals surface area contributed by atoms with Crippen molar-refractivity contribution < 1.29 is 9.72 Å². The summed E-state index contributed by atoms with van der Waals surface area (Å²) in [4.78, 5) is 25.6. The summed E-state index contributed by atoms with van der Waals surface area (Å²) in [5.41, 5.74) is -0.230. The number of nitro groups is 1. The Labute approximate surface area is 108 Å².